The Labute approximate surface area is 106 Å². The van der Waals surface area contributed by atoms with Crippen LogP contribution in [0.2, 0.25) is 0 Å². The van der Waals surface area contributed by atoms with Crippen LogP contribution in [0.4, 0.5) is 4.39 Å². The first kappa shape index (κ1) is 11.8. The highest BCUT2D eigenvalue weighted by Crippen LogP contribution is 2.41. The number of likely N-dealkylation sites (tertiary alicyclic amines) is 1. The molecule has 4 heteroatoms. The molecule has 2 atom stereocenters. The van der Waals surface area contributed by atoms with E-state index in [1.807, 2.05) is 18.2 Å². The van der Waals surface area contributed by atoms with Crippen LogP contribution in [0, 0.1) is 11.7 Å². The van der Waals surface area contributed by atoms with Crippen molar-refractivity contribution < 1.29 is 9.23 Å². The largest absolute Gasteiger partial charge is 0.300 e. The minimum Gasteiger partial charge on any atom is -0.300 e. The summed E-state index contributed by atoms with van der Waals surface area (Å²) in [5, 5.41) is 0. The van der Waals surface area contributed by atoms with E-state index in [1.54, 1.807) is 6.07 Å². The summed E-state index contributed by atoms with van der Waals surface area (Å²) < 4.78 is 14.1. The molecule has 1 aromatic rings. The topological polar surface area (TPSA) is 24.5 Å². The standard InChI is InChI=1S/C14H17FN2O/c1-2-7-17-8-11-9-18-16-14(11,10-17)12-5-3-4-6-13(12)15/h2-6,11,16H,1,7-10H2/t11-,14-/m0/s1. The van der Waals surface area contributed by atoms with Crippen molar-refractivity contribution in [2.75, 3.05) is 26.2 Å². The molecule has 3 rings (SSSR count). The van der Waals surface area contributed by atoms with Crippen LogP contribution in [0.3, 0.4) is 0 Å². The van der Waals surface area contributed by atoms with Gasteiger partial charge < -0.3 is 4.84 Å². The number of hydroxylamine groups is 1. The Bertz CT molecular complexity index is 465. The summed E-state index contributed by atoms with van der Waals surface area (Å²) in [5.41, 5.74) is 3.36. The summed E-state index contributed by atoms with van der Waals surface area (Å²) >= 11 is 0. The number of rotatable bonds is 3. The molecule has 1 N–H and O–H groups in total. The molecule has 18 heavy (non-hydrogen) atoms. The van der Waals surface area contributed by atoms with E-state index >= 15 is 0 Å². The van der Waals surface area contributed by atoms with Gasteiger partial charge >= 0.3 is 0 Å². The molecule has 2 aliphatic heterocycles. The van der Waals surface area contributed by atoms with E-state index in [1.165, 1.54) is 6.07 Å². The third-order valence-electron chi connectivity index (χ3n) is 3.93. The molecule has 3 nitrogen and oxygen atoms in total. The highest BCUT2D eigenvalue weighted by Gasteiger charge is 2.52. The molecule has 0 aliphatic carbocycles. The average molecular weight is 248 g/mol. The molecular formula is C14H17FN2O. The van der Waals surface area contributed by atoms with E-state index in [9.17, 15) is 4.39 Å². The highest BCUT2D eigenvalue weighted by molar-refractivity contribution is 5.30. The van der Waals surface area contributed by atoms with Gasteiger partial charge in [-0.25, -0.2) is 4.39 Å². The number of fused-ring (bicyclic) bond motifs is 1. The van der Waals surface area contributed by atoms with Crippen molar-refractivity contribution >= 4 is 0 Å². The van der Waals surface area contributed by atoms with Crippen molar-refractivity contribution in [3.8, 4) is 0 Å². The second-order valence-corrected chi connectivity index (χ2v) is 5.04. The molecule has 0 spiro atoms. The lowest BCUT2D eigenvalue weighted by atomic mass is 9.82. The van der Waals surface area contributed by atoms with Crippen LogP contribution in [-0.4, -0.2) is 31.1 Å². The van der Waals surface area contributed by atoms with E-state index in [-0.39, 0.29) is 11.7 Å². The minimum atomic E-state index is -0.408. The van der Waals surface area contributed by atoms with Crippen LogP contribution in [0.5, 0.6) is 0 Å². The molecule has 2 saturated heterocycles. The maximum Gasteiger partial charge on any atom is 0.128 e. The van der Waals surface area contributed by atoms with Gasteiger partial charge in [0, 0.05) is 31.1 Å². The SMILES string of the molecule is C=CCN1C[C@H]2CON[C@@]2(c2ccccc2F)C1. The van der Waals surface area contributed by atoms with Crippen molar-refractivity contribution in [3.05, 3.63) is 48.3 Å². The fraction of sp³-hybridized carbons (Fsp3) is 0.429. The van der Waals surface area contributed by atoms with Gasteiger partial charge in [0.25, 0.3) is 0 Å². The molecule has 0 radical (unpaired) electrons. The van der Waals surface area contributed by atoms with Crippen LogP contribution < -0.4 is 5.48 Å². The zero-order valence-corrected chi connectivity index (χ0v) is 10.2. The first-order valence-electron chi connectivity index (χ1n) is 6.23. The second-order valence-electron chi connectivity index (χ2n) is 5.04. The first-order chi connectivity index (χ1) is 8.76. The second kappa shape index (κ2) is 4.46. The summed E-state index contributed by atoms with van der Waals surface area (Å²) in [5.74, 6) is 0.121. The number of halogens is 1. The molecule has 0 unspecified atom stereocenters. The normalized spacial score (nSPS) is 31.5. The van der Waals surface area contributed by atoms with Crippen LogP contribution in [0.1, 0.15) is 5.56 Å². The Hall–Kier alpha value is -1.23. The van der Waals surface area contributed by atoms with E-state index < -0.39 is 5.54 Å². The van der Waals surface area contributed by atoms with Crippen molar-refractivity contribution in [2.45, 2.75) is 5.54 Å². The van der Waals surface area contributed by atoms with Crippen molar-refractivity contribution in [2.24, 2.45) is 5.92 Å². The Morgan fingerprint density at radius 3 is 3.17 bits per heavy atom. The van der Waals surface area contributed by atoms with E-state index in [4.69, 9.17) is 4.84 Å². The van der Waals surface area contributed by atoms with Gasteiger partial charge in [0.2, 0.25) is 0 Å². The average Bonchev–Trinajstić information content (AvgIpc) is 2.87. The van der Waals surface area contributed by atoms with Gasteiger partial charge in [-0.3, -0.25) is 4.90 Å². The molecule has 2 aliphatic rings. The summed E-state index contributed by atoms with van der Waals surface area (Å²) in [6.07, 6.45) is 1.89. The van der Waals surface area contributed by atoms with Crippen LogP contribution in [0.25, 0.3) is 0 Å². The fourth-order valence-electron chi connectivity index (χ4n) is 3.10. The number of nitrogens with zero attached hydrogens (tertiary/aromatic N) is 1. The third kappa shape index (κ3) is 1.68. The third-order valence-corrected chi connectivity index (χ3v) is 3.93. The van der Waals surface area contributed by atoms with E-state index in [2.05, 4.69) is 17.0 Å². The molecule has 1 aromatic carbocycles. The smallest absolute Gasteiger partial charge is 0.128 e. The first-order valence-corrected chi connectivity index (χ1v) is 6.23. The monoisotopic (exact) mass is 248 g/mol. The zero-order chi connectivity index (χ0) is 12.6. The van der Waals surface area contributed by atoms with Gasteiger partial charge in [-0.05, 0) is 6.07 Å². The lowest BCUT2D eigenvalue weighted by molar-refractivity contribution is 0.0480. The summed E-state index contributed by atoms with van der Waals surface area (Å²) in [4.78, 5) is 7.66. The summed E-state index contributed by atoms with van der Waals surface area (Å²) in [7, 11) is 0. The molecule has 0 aromatic heterocycles. The number of hydrogen-bond donors (Lipinski definition) is 1. The fourth-order valence-corrected chi connectivity index (χ4v) is 3.10. The maximum absolute atomic E-state index is 14.1. The Morgan fingerprint density at radius 1 is 1.56 bits per heavy atom. The molecular weight excluding hydrogens is 231 g/mol. The summed E-state index contributed by atoms with van der Waals surface area (Å²) in [6, 6.07) is 6.95. The lowest BCUT2D eigenvalue weighted by Gasteiger charge is -2.28. The minimum absolute atomic E-state index is 0.166. The van der Waals surface area contributed by atoms with Crippen LogP contribution in [0.15, 0.2) is 36.9 Å². The van der Waals surface area contributed by atoms with Gasteiger partial charge in [-0.1, -0.05) is 24.3 Å². The van der Waals surface area contributed by atoms with Crippen molar-refractivity contribution in [3.63, 3.8) is 0 Å². The van der Waals surface area contributed by atoms with E-state index in [0.29, 0.717) is 12.2 Å². The van der Waals surface area contributed by atoms with Gasteiger partial charge in [0.1, 0.15) is 5.82 Å². The lowest BCUT2D eigenvalue weighted by Crippen LogP contribution is -2.43. The number of nitrogens with one attached hydrogen (secondary N) is 1. The van der Waals surface area contributed by atoms with Gasteiger partial charge in [-0.2, -0.15) is 5.48 Å². The predicted molar refractivity (Wildman–Crippen MR) is 67.3 cm³/mol. The van der Waals surface area contributed by atoms with Gasteiger partial charge in [0.05, 0.1) is 12.1 Å². The highest BCUT2D eigenvalue weighted by atomic mass is 19.1. The number of benzene rings is 1. The Morgan fingerprint density at radius 2 is 2.39 bits per heavy atom. The molecule has 2 heterocycles. The molecule has 0 amide bonds. The summed E-state index contributed by atoms with van der Waals surface area (Å²) in [6.45, 7) is 6.88. The van der Waals surface area contributed by atoms with Crippen LogP contribution >= 0.6 is 0 Å². The molecule has 96 valence electrons. The molecule has 2 fully saturated rings. The van der Waals surface area contributed by atoms with Crippen LogP contribution in [-0.2, 0) is 10.4 Å². The van der Waals surface area contributed by atoms with Crippen molar-refractivity contribution in [1.82, 2.24) is 10.4 Å². The zero-order valence-electron chi connectivity index (χ0n) is 10.2. The van der Waals surface area contributed by atoms with E-state index in [0.717, 1.165) is 19.6 Å². The maximum atomic E-state index is 14.1. The predicted octanol–water partition coefficient (Wildman–Crippen LogP) is 1.67. The Balaban J connectivity index is 1.97. The van der Waals surface area contributed by atoms with Gasteiger partial charge in [0.15, 0.2) is 0 Å². The van der Waals surface area contributed by atoms with Gasteiger partial charge in [-0.15, -0.1) is 6.58 Å². The molecule has 0 saturated carbocycles. The molecule has 0 bridgehead atoms. The quantitative estimate of drug-likeness (QED) is 0.824. The Kier molecular flexibility index (Phi) is 2.93. The van der Waals surface area contributed by atoms with Crippen molar-refractivity contribution in [1.29, 1.82) is 0 Å². The number of hydrogen-bond acceptors (Lipinski definition) is 3.